The Morgan fingerprint density at radius 1 is 1.56 bits per heavy atom. The highest BCUT2D eigenvalue weighted by Gasteiger charge is 2.24. The summed E-state index contributed by atoms with van der Waals surface area (Å²) in [4.78, 5) is 2.19. The molecule has 1 aromatic rings. The van der Waals surface area contributed by atoms with Crippen LogP contribution < -0.4 is 10.6 Å². The van der Waals surface area contributed by atoms with E-state index >= 15 is 0 Å². The molecular weight excluding hydrogens is 266 g/mol. The van der Waals surface area contributed by atoms with Crippen molar-refractivity contribution < 1.29 is 0 Å². The van der Waals surface area contributed by atoms with E-state index in [1.54, 1.807) is 0 Å². The third-order valence-electron chi connectivity index (χ3n) is 2.90. The first-order chi connectivity index (χ1) is 7.59. The maximum Gasteiger partial charge on any atom is 0.126 e. The second-order valence-corrected chi connectivity index (χ2v) is 5.23. The number of amidine groups is 1. The van der Waals surface area contributed by atoms with Crippen LogP contribution in [0.15, 0.2) is 22.7 Å². The summed E-state index contributed by atoms with van der Waals surface area (Å²) in [6, 6.07) is 5.92. The van der Waals surface area contributed by atoms with Gasteiger partial charge in [0.25, 0.3) is 0 Å². The standard InChI is InChI=1S/C12H16BrN3/c1-16(7-8-5-6-8)10-4-2-3-9(13)11(10)12(14)15/h2-4,8H,5-7H2,1H3,(H3,14,15). The second-order valence-electron chi connectivity index (χ2n) is 4.37. The Balaban J connectivity index is 2.30. The highest BCUT2D eigenvalue weighted by Crippen LogP contribution is 2.33. The van der Waals surface area contributed by atoms with Crippen LogP contribution in [-0.4, -0.2) is 19.4 Å². The van der Waals surface area contributed by atoms with Crippen LogP contribution in [0.3, 0.4) is 0 Å². The summed E-state index contributed by atoms with van der Waals surface area (Å²) in [5.74, 6) is 0.939. The van der Waals surface area contributed by atoms with Gasteiger partial charge in [-0.25, -0.2) is 0 Å². The van der Waals surface area contributed by atoms with Crippen molar-refractivity contribution in [3.8, 4) is 0 Å². The van der Waals surface area contributed by atoms with E-state index in [2.05, 4.69) is 27.9 Å². The van der Waals surface area contributed by atoms with Gasteiger partial charge in [0.1, 0.15) is 5.84 Å². The zero-order chi connectivity index (χ0) is 11.7. The van der Waals surface area contributed by atoms with Crippen LogP contribution in [0.1, 0.15) is 18.4 Å². The van der Waals surface area contributed by atoms with Gasteiger partial charge in [-0.2, -0.15) is 0 Å². The molecule has 1 saturated carbocycles. The van der Waals surface area contributed by atoms with Crippen molar-refractivity contribution in [3.63, 3.8) is 0 Å². The van der Waals surface area contributed by atoms with E-state index in [0.717, 1.165) is 28.2 Å². The number of rotatable bonds is 4. The van der Waals surface area contributed by atoms with E-state index in [1.807, 2.05) is 18.2 Å². The smallest absolute Gasteiger partial charge is 0.126 e. The number of nitrogens with one attached hydrogen (secondary N) is 1. The van der Waals surface area contributed by atoms with Gasteiger partial charge >= 0.3 is 0 Å². The molecule has 1 aliphatic rings. The predicted octanol–water partition coefficient (Wildman–Crippen LogP) is 2.58. The summed E-state index contributed by atoms with van der Waals surface area (Å²) in [5.41, 5.74) is 7.46. The highest BCUT2D eigenvalue weighted by molar-refractivity contribution is 9.10. The molecule has 0 aromatic heterocycles. The van der Waals surface area contributed by atoms with Crippen molar-refractivity contribution >= 4 is 27.5 Å². The lowest BCUT2D eigenvalue weighted by atomic mass is 10.1. The van der Waals surface area contributed by atoms with Gasteiger partial charge in [0.05, 0.1) is 5.56 Å². The summed E-state index contributed by atoms with van der Waals surface area (Å²) < 4.78 is 0.889. The molecule has 2 rings (SSSR count). The van der Waals surface area contributed by atoms with Gasteiger partial charge in [-0.15, -0.1) is 0 Å². The van der Waals surface area contributed by atoms with Crippen molar-refractivity contribution in [3.05, 3.63) is 28.2 Å². The van der Waals surface area contributed by atoms with Crippen molar-refractivity contribution in [2.24, 2.45) is 11.7 Å². The first kappa shape index (κ1) is 11.5. The molecule has 0 radical (unpaired) electrons. The molecule has 86 valence electrons. The first-order valence-corrected chi connectivity index (χ1v) is 6.23. The molecule has 1 fully saturated rings. The number of hydrogen-bond donors (Lipinski definition) is 2. The Bertz CT molecular complexity index is 413. The average Bonchev–Trinajstić information content (AvgIpc) is 3.00. The number of nitrogens with zero attached hydrogens (tertiary/aromatic N) is 1. The average molecular weight is 282 g/mol. The van der Waals surface area contributed by atoms with E-state index in [0.29, 0.717) is 0 Å². The quantitative estimate of drug-likeness (QED) is 0.658. The van der Waals surface area contributed by atoms with Crippen molar-refractivity contribution in [2.45, 2.75) is 12.8 Å². The molecule has 4 heteroatoms. The Kier molecular flexibility index (Phi) is 3.19. The number of hydrogen-bond acceptors (Lipinski definition) is 2. The van der Waals surface area contributed by atoms with E-state index in [9.17, 15) is 0 Å². The Hall–Kier alpha value is -1.03. The molecule has 0 amide bonds. The van der Waals surface area contributed by atoms with Crippen LogP contribution in [0.4, 0.5) is 5.69 Å². The van der Waals surface area contributed by atoms with Gasteiger partial charge in [-0.3, -0.25) is 5.41 Å². The zero-order valence-corrected chi connectivity index (χ0v) is 10.9. The molecule has 0 unspecified atom stereocenters. The maximum atomic E-state index is 7.63. The third-order valence-corrected chi connectivity index (χ3v) is 3.56. The van der Waals surface area contributed by atoms with Crippen LogP contribution in [0.2, 0.25) is 0 Å². The molecule has 0 aliphatic heterocycles. The van der Waals surface area contributed by atoms with E-state index in [-0.39, 0.29) is 5.84 Å². The van der Waals surface area contributed by atoms with Crippen LogP contribution in [0.25, 0.3) is 0 Å². The Morgan fingerprint density at radius 3 is 2.81 bits per heavy atom. The van der Waals surface area contributed by atoms with E-state index in [4.69, 9.17) is 11.1 Å². The van der Waals surface area contributed by atoms with Gasteiger partial charge in [0.15, 0.2) is 0 Å². The lowest BCUT2D eigenvalue weighted by molar-refractivity contribution is 0.786. The van der Waals surface area contributed by atoms with Crippen molar-refractivity contribution in [1.29, 1.82) is 5.41 Å². The molecule has 3 N–H and O–H groups in total. The molecule has 1 aliphatic carbocycles. The summed E-state index contributed by atoms with van der Waals surface area (Å²) >= 11 is 3.45. The Labute approximate surface area is 104 Å². The summed E-state index contributed by atoms with van der Waals surface area (Å²) in [7, 11) is 2.06. The molecular formula is C12H16BrN3. The minimum Gasteiger partial charge on any atom is -0.384 e. The van der Waals surface area contributed by atoms with Crippen LogP contribution in [0, 0.1) is 11.3 Å². The second kappa shape index (κ2) is 4.45. The van der Waals surface area contributed by atoms with Crippen LogP contribution in [-0.2, 0) is 0 Å². The topological polar surface area (TPSA) is 53.1 Å². The number of benzene rings is 1. The van der Waals surface area contributed by atoms with Gasteiger partial charge in [0.2, 0.25) is 0 Å². The summed E-state index contributed by atoms with van der Waals surface area (Å²) in [5, 5.41) is 7.63. The van der Waals surface area contributed by atoms with E-state index < -0.39 is 0 Å². The van der Waals surface area contributed by atoms with Crippen molar-refractivity contribution in [2.75, 3.05) is 18.5 Å². The third kappa shape index (κ3) is 2.38. The monoisotopic (exact) mass is 281 g/mol. The summed E-state index contributed by atoms with van der Waals surface area (Å²) in [6.07, 6.45) is 2.65. The number of halogens is 1. The van der Waals surface area contributed by atoms with Gasteiger partial charge in [-0.1, -0.05) is 6.07 Å². The van der Waals surface area contributed by atoms with Crippen molar-refractivity contribution in [1.82, 2.24) is 0 Å². The minimum absolute atomic E-state index is 0.116. The fourth-order valence-electron chi connectivity index (χ4n) is 1.88. The molecule has 1 aromatic carbocycles. The molecule has 0 atom stereocenters. The fourth-order valence-corrected chi connectivity index (χ4v) is 2.45. The number of nitrogens with two attached hydrogens (primary N) is 1. The van der Waals surface area contributed by atoms with Gasteiger partial charge in [0, 0.05) is 23.8 Å². The Morgan fingerprint density at radius 2 is 2.25 bits per heavy atom. The van der Waals surface area contributed by atoms with Gasteiger partial charge in [-0.05, 0) is 46.8 Å². The lowest BCUT2D eigenvalue weighted by Gasteiger charge is -2.22. The first-order valence-electron chi connectivity index (χ1n) is 5.43. The van der Waals surface area contributed by atoms with Crippen LogP contribution >= 0.6 is 15.9 Å². The SMILES string of the molecule is CN(CC1CC1)c1cccc(Br)c1C(=N)N. The minimum atomic E-state index is 0.116. The molecule has 0 spiro atoms. The molecule has 0 saturated heterocycles. The highest BCUT2D eigenvalue weighted by atomic mass is 79.9. The lowest BCUT2D eigenvalue weighted by Crippen LogP contribution is -2.24. The maximum absolute atomic E-state index is 7.63. The molecule has 0 bridgehead atoms. The van der Waals surface area contributed by atoms with Gasteiger partial charge < -0.3 is 10.6 Å². The normalized spacial score (nSPS) is 14.9. The summed E-state index contributed by atoms with van der Waals surface area (Å²) in [6.45, 7) is 1.05. The van der Waals surface area contributed by atoms with Crippen LogP contribution in [0.5, 0.6) is 0 Å². The largest absolute Gasteiger partial charge is 0.384 e. The predicted molar refractivity (Wildman–Crippen MR) is 71.2 cm³/mol. The number of nitrogen functional groups attached to an aromatic ring is 1. The fraction of sp³-hybridized carbons (Fsp3) is 0.417. The molecule has 0 heterocycles. The molecule has 3 nitrogen and oxygen atoms in total. The molecule has 16 heavy (non-hydrogen) atoms. The zero-order valence-electron chi connectivity index (χ0n) is 9.33. The number of anilines is 1. The van der Waals surface area contributed by atoms with E-state index in [1.165, 1.54) is 12.8 Å².